The summed E-state index contributed by atoms with van der Waals surface area (Å²) in [5, 5.41) is 6.78. The van der Waals surface area contributed by atoms with Gasteiger partial charge < -0.3 is 20.4 Å². The van der Waals surface area contributed by atoms with E-state index in [9.17, 15) is 4.79 Å². The molecule has 2 saturated heterocycles. The van der Waals surface area contributed by atoms with Crippen LogP contribution in [0.25, 0.3) is 0 Å². The van der Waals surface area contributed by atoms with Gasteiger partial charge in [-0.05, 0) is 63.4 Å². The normalized spacial score (nSPS) is 19.0. The number of amides is 1. The van der Waals surface area contributed by atoms with E-state index < -0.39 is 0 Å². The first-order chi connectivity index (χ1) is 13.8. The average molecular weight is 386 g/mol. The molecule has 1 aromatic rings. The van der Waals surface area contributed by atoms with Crippen molar-refractivity contribution in [3.05, 3.63) is 29.8 Å². The Morgan fingerprint density at radius 3 is 2.46 bits per heavy atom. The van der Waals surface area contributed by atoms with Crippen LogP contribution in [-0.2, 0) is 11.3 Å². The highest BCUT2D eigenvalue weighted by molar-refractivity contribution is 5.93. The number of hydrogen-bond donors (Lipinski definition) is 2. The van der Waals surface area contributed by atoms with Gasteiger partial charge in [-0.15, -0.1) is 0 Å². The first-order valence-corrected chi connectivity index (χ1v) is 10.9. The molecular weight excluding hydrogens is 350 g/mol. The molecule has 0 aromatic heterocycles. The molecule has 154 valence electrons. The second kappa shape index (κ2) is 11.1. The molecule has 2 N–H and O–H groups in total. The van der Waals surface area contributed by atoms with Crippen molar-refractivity contribution in [3.63, 3.8) is 0 Å². The van der Waals surface area contributed by atoms with Gasteiger partial charge in [-0.3, -0.25) is 4.79 Å². The Bertz CT molecular complexity index is 637. The van der Waals surface area contributed by atoms with Crippen LogP contribution < -0.4 is 15.5 Å². The molecule has 0 saturated carbocycles. The summed E-state index contributed by atoms with van der Waals surface area (Å²) in [4.78, 5) is 21.2. The molecule has 0 bridgehead atoms. The Morgan fingerprint density at radius 1 is 1.00 bits per heavy atom. The van der Waals surface area contributed by atoms with Gasteiger partial charge in [-0.25, -0.2) is 4.99 Å². The second-order valence-corrected chi connectivity index (χ2v) is 7.69. The lowest BCUT2D eigenvalue weighted by Gasteiger charge is -2.27. The summed E-state index contributed by atoms with van der Waals surface area (Å²) in [5.41, 5.74) is 2.16. The molecule has 1 aromatic carbocycles. The van der Waals surface area contributed by atoms with Crippen molar-refractivity contribution in [2.24, 2.45) is 4.99 Å². The van der Waals surface area contributed by atoms with Crippen LogP contribution in [0, 0.1) is 0 Å². The zero-order chi connectivity index (χ0) is 19.6. The number of rotatable bonds is 7. The van der Waals surface area contributed by atoms with Crippen molar-refractivity contribution in [3.8, 4) is 0 Å². The lowest BCUT2D eigenvalue weighted by atomic mass is 10.1. The van der Waals surface area contributed by atoms with E-state index in [0.29, 0.717) is 13.0 Å². The zero-order valence-electron chi connectivity index (χ0n) is 17.3. The van der Waals surface area contributed by atoms with Crippen LogP contribution in [0.1, 0.15) is 51.0 Å². The summed E-state index contributed by atoms with van der Waals surface area (Å²) in [7, 11) is 0. The van der Waals surface area contributed by atoms with E-state index in [1.807, 2.05) is 17.0 Å². The van der Waals surface area contributed by atoms with Crippen LogP contribution in [0.5, 0.6) is 0 Å². The molecule has 0 radical (unpaired) electrons. The Labute approximate surface area is 169 Å². The molecule has 2 aliphatic heterocycles. The van der Waals surface area contributed by atoms with E-state index in [0.717, 1.165) is 56.2 Å². The first kappa shape index (κ1) is 20.6. The third-order valence-corrected chi connectivity index (χ3v) is 5.50. The maximum atomic E-state index is 12.1. The van der Waals surface area contributed by atoms with Crippen LogP contribution in [0.4, 0.5) is 5.69 Å². The summed E-state index contributed by atoms with van der Waals surface area (Å²) in [6, 6.07) is 8.26. The van der Waals surface area contributed by atoms with Crippen LogP contribution >= 0.6 is 0 Å². The SMILES string of the molecule is CCNC(=NCc1ccc(N2CCCCC2=O)cc1)NCCN1CCCCC1. The summed E-state index contributed by atoms with van der Waals surface area (Å²) in [6.07, 6.45) is 6.80. The number of aliphatic imine (C=N–C) groups is 1. The Kier molecular flexibility index (Phi) is 8.15. The second-order valence-electron chi connectivity index (χ2n) is 7.69. The topological polar surface area (TPSA) is 60.0 Å². The summed E-state index contributed by atoms with van der Waals surface area (Å²) >= 11 is 0. The quantitative estimate of drug-likeness (QED) is 0.560. The maximum Gasteiger partial charge on any atom is 0.226 e. The predicted octanol–water partition coefficient (Wildman–Crippen LogP) is 2.74. The zero-order valence-corrected chi connectivity index (χ0v) is 17.3. The van der Waals surface area contributed by atoms with Gasteiger partial charge in [0.2, 0.25) is 5.91 Å². The van der Waals surface area contributed by atoms with Gasteiger partial charge in [-0.2, -0.15) is 0 Å². The molecule has 0 atom stereocenters. The number of carbonyl (C=O) groups is 1. The summed E-state index contributed by atoms with van der Waals surface area (Å²) in [5.74, 6) is 1.11. The number of piperidine rings is 2. The number of carbonyl (C=O) groups excluding carboxylic acids is 1. The minimum absolute atomic E-state index is 0.240. The van der Waals surface area contributed by atoms with Crippen LogP contribution in [-0.4, -0.2) is 56.0 Å². The van der Waals surface area contributed by atoms with E-state index in [2.05, 4.69) is 34.6 Å². The van der Waals surface area contributed by atoms with Crippen molar-refractivity contribution < 1.29 is 4.79 Å². The van der Waals surface area contributed by atoms with E-state index in [4.69, 9.17) is 4.99 Å². The maximum absolute atomic E-state index is 12.1. The average Bonchev–Trinajstić information content (AvgIpc) is 2.74. The number of benzene rings is 1. The smallest absolute Gasteiger partial charge is 0.226 e. The lowest BCUT2D eigenvalue weighted by molar-refractivity contribution is -0.119. The molecule has 0 aliphatic carbocycles. The van der Waals surface area contributed by atoms with Gasteiger partial charge in [-0.1, -0.05) is 18.6 Å². The third kappa shape index (κ3) is 6.23. The van der Waals surface area contributed by atoms with Crippen LogP contribution in [0.3, 0.4) is 0 Å². The molecule has 0 spiro atoms. The first-order valence-electron chi connectivity index (χ1n) is 10.9. The van der Waals surface area contributed by atoms with E-state index in [1.165, 1.54) is 32.4 Å². The van der Waals surface area contributed by atoms with Crippen LogP contribution in [0.2, 0.25) is 0 Å². The largest absolute Gasteiger partial charge is 0.357 e. The summed E-state index contributed by atoms with van der Waals surface area (Å²) < 4.78 is 0. The van der Waals surface area contributed by atoms with Gasteiger partial charge in [0.1, 0.15) is 0 Å². The van der Waals surface area contributed by atoms with Gasteiger partial charge in [0.05, 0.1) is 6.54 Å². The number of guanidine groups is 1. The molecule has 1 amide bonds. The van der Waals surface area contributed by atoms with Gasteiger partial charge in [0.15, 0.2) is 5.96 Å². The van der Waals surface area contributed by atoms with Gasteiger partial charge in [0, 0.05) is 38.3 Å². The fourth-order valence-corrected chi connectivity index (χ4v) is 3.89. The molecule has 0 unspecified atom stereocenters. The molecule has 28 heavy (non-hydrogen) atoms. The van der Waals surface area contributed by atoms with E-state index in [-0.39, 0.29) is 5.91 Å². The van der Waals surface area contributed by atoms with Crippen molar-refractivity contribution >= 4 is 17.6 Å². The lowest BCUT2D eigenvalue weighted by Crippen LogP contribution is -2.42. The molecule has 2 fully saturated rings. The molecule has 2 aliphatic rings. The van der Waals surface area contributed by atoms with E-state index in [1.54, 1.807) is 0 Å². The van der Waals surface area contributed by atoms with Crippen molar-refractivity contribution in [2.45, 2.75) is 52.0 Å². The highest BCUT2D eigenvalue weighted by atomic mass is 16.2. The third-order valence-electron chi connectivity index (χ3n) is 5.50. The molecule has 6 nitrogen and oxygen atoms in total. The highest BCUT2D eigenvalue weighted by Gasteiger charge is 2.19. The number of likely N-dealkylation sites (tertiary alicyclic amines) is 1. The fourth-order valence-electron chi connectivity index (χ4n) is 3.89. The number of hydrogen-bond acceptors (Lipinski definition) is 3. The van der Waals surface area contributed by atoms with Crippen LogP contribution in [0.15, 0.2) is 29.3 Å². The minimum Gasteiger partial charge on any atom is -0.357 e. The predicted molar refractivity (Wildman–Crippen MR) is 116 cm³/mol. The monoisotopic (exact) mass is 385 g/mol. The highest BCUT2D eigenvalue weighted by Crippen LogP contribution is 2.21. The summed E-state index contributed by atoms with van der Waals surface area (Å²) in [6.45, 7) is 8.85. The van der Waals surface area contributed by atoms with Crippen molar-refractivity contribution in [1.82, 2.24) is 15.5 Å². The van der Waals surface area contributed by atoms with Gasteiger partial charge >= 0.3 is 0 Å². The van der Waals surface area contributed by atoms with Crippen molar-refractivity contribution in [1.29, 1.82) is 0 Å². The number of anilines is 1. The Hall–Kier alpha value is -2.08. The molecule has 6 heteroatoms. The number of nitrogens with zero attached hydrogens (tertiary/aromatic N) is 3. The molecular formula is C22H35N5O. The Morgan fingerprint density at radius 2 is 1.75 bits per heavy atom. The van der Waals surface area contributed by atoms with E-state index >= 15 is 0 Å². The molecule has 2 heterocycles. The standard InChI is InChI=1S/C22H35N5O/c1-2-23-22(24-13-17-26-14-5-3-6-15-26)25-18-19-9-11-20(12-10-19)27-16-7-4-8-21(27)28/h9-12H,2-8,13-18H2,1H3,(H2,23,24,25). The fraction of sp³-hybridized carbons (Fsp3) is 0.636. The number of nitrogens with one attached hydrogen (secondary N) is 2. The minimum atomic E-state index is 0.240. The van der Waals surface area contributed by atoms with Crippen molar-refractivity contribution in [2.75, 3.05) is 44.2 Å². The van der Waals surface area contributed by atoms with Gasteiger partial charge in [0.25, 0.3) is 0 Å². The Balaban J connectivity index is 1.49. The molecule has 3 rings (SSSR count).